The number of benzene rings is 3. The van der Waals surface area contributed by atoms with Crippen molar-refractivity contribution in [1.29, 1.82) is 0 Å². The summed E-state index contributed by atoms with van der Waals surface area (Å²) in [6.45, 7) is 1.78. The molecule has 2 amide bonds. The van der Waals surface area contributed by atoms with Gasteiger partial charge in [-0.1, -0.05) is 60.2 Å². The highest BCUT2D eigenvalue weighted by atomic mass is 32.1. The number of carbonyl (C=O) groups excluding carboxylic acids is 2. The van der Waals surface area contributed by atoms with Gasteiger partial charge in [-0.3, -0.25) is 25.8 Å². The summed E-state index contributed by atoms with van der Waals surface area (Å²) in [6, 6.07) is 21.1. The van der Waals surface area contributed by atoms with Crippen molar-refractivity contribution < 1.29 is 14.3 Å². The van der Waals surface area contributed by atoms with Crippen molar-refractivity contribution in [2.45, 2.75) is 6.92 Å². The Hall–Kier alpha value is -3.71. The first-order valence-electron chi connectivity index (χ1n) is 9.26. The zero-order valence-electron chi connectivity index (χ0n) is 16.3. The highest BCUT2D eigenvalue weighted by Crippen LogP contribution is 2.19. The van der Waals surface area contributed by atoms with E-state index in [2.05, 4.69) is 16.2 Å². The lowest BCUT2D eigenvalue weighted by molar-refractivity contribution is -0.123. The predicted octanol–water partition coefficient (Wildman–Crippen LogP) is 3.26. The predicted molar refractivity (Wildman–Crippen MR) is 122 cm³/mol. The number of nitrogens with one attached hydrogen (secondary N) is 3. The van der Waals surface area contributed by atoms with Crippen molar-refractivity contribution in [2.24, 2.45) is 0 Å². The van der Waals surface area contributed by atoms with Crippen molar-refractivity contribution in [3.63, 3.8) is 0 Å². The second kappa shape index (κ2) is 10.2. The van der Waals surface area contributed by atoms with Gasteiger partial charge in [0.25, 0.3) is 5.91 Å². The molecule has 7 heteroatoms. The first kappa shape index (κ1) is 21.0. The fourth-order valence-corrected chi connectivity index (χ4v) is 2.84. The Morgan fingerprint density at radius 3 is 2.50 bits per heavy atom. The highest BCUT2D eigenvalue weighted by Gasteiger charge is 2.05. The van der Waals surface area contributed by atoms with Crippen LogP contribution in [0.5, 0.6) is 5.75 Å². The lowest BCUT2D eigenvalue weighted by Gasteiger charge is -2.10. The first-order chi connectivity index (χ1) is 14.5. The molecule has 0 saturated carbocycles. The normalized spacial score (nSPS) is 10.6. The number of amides is 2. The Morgan fingerprint density at radius 1 is 0.967 bits per heavy atom. The Bertz CT molecular complexity index is 1090. The van der Waals surface area contributed by atoms with E-state index < -0.39 is 11.8 Å². The van der Waals surface area contributed by atoms with E-state index in [9.17, 15) is 9.59 Å². The van der Waals surface area contributed by atoms with Crippen molar-refractivity contribution >= 4 is 46.0 Å². The van der Waals surface area contributed by atoms with E-state index in [1.807, 2.05) is 61.5 Å². The molecule has 0 saturated heterocycles. The smallest absolute Gasteiger partial charge is 0.276 e. The van der Waals surface area contributed by atoms with E-state index in [0.29, 0.717) is 5.75 Å². The molecule has 30 heavy (non-hydrogen) atoms. The van der Waals surface area contributed by atoms with Crippen molar-refractivity contribution in [3.8, 4) is 5.75 Å². The molecule has 3 rings (SSSR count). The second-order valence-corrected chi connectivity index (χ2v) is 6.90. The number of fused-ring (bicyclic) bond motifs is 1. The molecular formula is C23H21N3O3S. The summed E-state index contributed by atoms with van der Waals surface area (Å²) in [5, 5.41) is 4.59. The zero-order valence-corrected chi connectivity index (χ0v) is 17.2. The van der Waals surface area contributed by atoms with Gasteiger partial charge in [-0.25, -0.2) is 0 Å². The third-order valence-electron chi connectivity index (χ3n) is 4.18. The molecule has 0 unspecified atom stereocenters. The van der Waals surface area contributed by atoms with Gasteiger partial charge in [0.1, 0.15) is 5.75 Å². The molecule has 0 aliphatic heterocycles. The van der Waals surface area contributed by atoms with Crippen molar-refractivity contribution in [2.75, 3.05) is 6.61 Å². The molecule has 0 aromatic heterocycles. The van der Waals surface area contributed by atoms with Crippen molar-refractivity contribution in [3.05, 3.63) is 83.9 Å². The van der Waals surface area contributed by atoms with Crippen LogP contribution in [0.2, 0.25) is 0 Å². The summed E-state index contributed by atoms with van der Waals surface area (Å²) in [5.74, 6) is -0.255. The molecule has 3 aromatic carbocycles. The maximum atomic E-state index is 12.1. The van der Waals surface area contributed by atoms with Gasteiger partial charge in [-0.15, -0.1) is 0 Å². The van der Waals surface area contributed by atoms with Crippen LogP contribution in [0.25, 0.3) is 16.8 Å². The van der Waals surface area contributed by atoms with Crippen LogP contribution in [0.3, 0.4) is 0 Å². The maximum Gasteiger partial charge on any atom is 0.276 e. The molecule has 0 radical (unpaired) electrons. The fourth-order valence-electron chi connectivity index (χ4n) is 2.69. The van der Waals surface area contributed by atoms with Crippen LogP contribution >= 0.6 is 12.2 Å². The van der Waals surface area contributed by atoms with E-state index in [1.165, 1.54) is 6.08 Å². The van der Waals surface area contributed by atoms with Crippen LogP contribution in [-0.4, -0.2) is 23.5 Å². The average molecular weight is 420 g/mol. The SMILES string of the molecule is Cc1ccc(OCC(=O)NNC(=S)NC(=O)C=Cc2cccc3ccccc23)cc1. The molecule has 0 aliphatic rings. The molecule has 6 nitrogen and oxygen atoms in total. The molecule has 152 valence electrons. The molecule has 0 heterocycles. The fraction of sp³-hybridized carbons (Fsp3) is 0.0870. The van der Waals surface area contributed by atoms with Crippen LogP contribution in [0.1, 0.15) is 11.1 Å². The third-order valence-corrected chi connectivity index (χ3v) is 4.38. The summed E-state index contributed by atoms with van der Waals surface area (Å²) in [6.07, 6.45) is 3.10. The lowest BCUT2D eigenvalue weighted by atomic mass is 10.0. The Labute approximate surface area is 179 Å². The van der Waals surface area contributed by atoms with Crippen LogP contribution in [0.4, 0.5) is 0 Å². The highest BCUT2D eigenvalue weighted by molar-refractivity contribution is 7.80. The van der Waals surface area contributed by atoms with Gasteiger partial charge >= 0.3 is 0 Å². The molecule has 0 fully saturated rings. The number of carbonyl (C=O) groups is 2. The van der Waals surface area contributed by atoms with E-state index in [-0.39, 0.29) is 11.7 Å². The van der Waals surface area contributed by atoms with Crippen LogP contribution in [-0.2, 0) is 9.59 Å². The molecule has 3 N–H and O–H groups in total. The zero-order chi connectivity index (χ0) is 21.3. The topological polar surface area (TPSA) is 79.5 Å². The van der Waals surface area contributed by atoms with Gasteiger partial charge in [-0.2, -0.15) is 0 Å². The van der Waals surface area contributed by atoms with Gasteiger partial charge < -0.3 is 4.74 Å². The van der Waals surface area contributed by atoms with Gasteiger partial charge in [0.15, 0.2) is 11.7 Å². The molecule has 0 atom stereocenters. The van der Waals surface area contributed by atoms with E-state index >= 15 is 0 Å². The van der Waals surface area contributed by atoms with Gasteiger partial charge in [0, 0.05) is 6.08 Å². The quantitative estimate of drug-likeness (QED) is 0.336. The third kappa shape index (κ3) is 6.15. The lowest BCUT2D eigenvalue weighted by Crippen LogP contribution is -2.49. The molecule has 0 bridgehead atoms. The van der Waals surface area contributed by atoms with Crippen LogP contribution < -0.4 is 20.9 Å². The second-order valence-electron chi connectivity index (χ2n) is 6.49. The molecule has 3 aromatic rings. The minimum atomic E-state index is -0.432. The van der Waals surface area contributed by atoms with Crippen LogP contribution in [0.15, 0.2) is 72.8 Å². The van der Waals surface area contributed by atoms with E-state index in [0.717, 1.165) is 21.9 Å². The minimum Gasteiger partial charge on any atom is -0.484 e. The molecular weight excluding hydrogens is 398 g/mol. The number of ether oxygens (including phenoxy) is 1. The van der Waals surface area contributed by atoms with Gasteiger partial charge in [0.2, 0.25) is 5.91 Å². The standard InChI is InChI=1S/C23H21N3O3S/c1-16-9-12-19(13-10-16)29-15-22(28)25-26-23(30)24-21(27)14-11-18-7-4-6-17-5-2-3-8-20(17)18/h2-14H,15H2,1H3,(H,25,28)(H2,24,26,27,30). The summed E-state index contributed by atoms with van der Waals surface area (Å²) in [4.78, 5) is 23.9. The summed E-state index contributed by atoms with van der Waals surface area (Å²) in [7, 11) is 0. The molecule has 0 spiro atoms. The number of aryl methyl sites for hydroxylation is 1. The van der Waals surface area contributed by atoms with Crippen molar-refractivity contribution in [1.82, 2.24) is 16.2 Å². The number of hydrazine groups is 1. The van der Waals surface area contributed by atoms with Gasteiger partial charge in [-0.05, 0) is 53.7 Å². The molecule has 0 aliphatic carbocycles. The largest absolute Gasteiger partial charge is 0.484 e. The van der Waals surface area contributed by atoms with Gasteiger partial charge in [0.05, 0.1) is 0 Å². The van der Waals surface area contributed by atoms with E-state index in [4.69, 9.17) is 17.0 Å². The Balaban J connectivity index is 1.44. The number of thiocarbonyl (C=S) groups is 1. The van der Waals surface area contributed by atoms with E-state index in [1.54, 1.807) is 18.2 Å². The Kier molecular flexibility index (Phi) is 7.13. The maximum absolute atomic E-state index is 12.1. The average Bonchev–Trinajstić information content (AvgIpc) is 2.76. The number of rotatable bonds is 5. The monoisotopic (exact) mass is 419 g/mol. The number of hydrogen-bond donors (Lipinski definition) is 3. The van der Waals surface area contributed by atoms with Crippen LogP contribution in [0, 0.1) is 6.92 Å². The first-order valence-corrected chi connectivity index (χ1v) is 9.67. The Morgan fingerprint density at radius 2 is 1.70 bits per heavy atom. The summed E-state index contributed by atoms with van der Waals surface area (Å²) in [5.41, 5.74) is 6.87. The summed E-state index contributed by atoms with van der Waals surface area (Å²) < 4.78 is 5.37. The minimum absolute atomic E-state index is 0.0220. The number of hydrogen-bond acceptors (Lipinski definition) is 4. The summed E-state index contributed by atoms with van der Waals surface area (Å²) >= 11 is 5.02.